The highest BCUT2D eigenvalue weighted by atomic mass is 32.2. The van der Waals surface area contributed by atoms with Crippen LogP contribution >= 0.6 is 0 Å². The average molecular weight is 335 g/mol. The van der Waals surface area contributed by atoms with Gasteiger partial charge in [0.25, 0.3) is 5.91 Å². The smallest absolute Gasteiger partial charge is 0.276 e. The molecule has 1 amide bonds. The second-order valence-electron chi connectivity index (χ2n) is 5.52. The number of benzene rings is 1. The molecular formula is C15H17N3O4S. The molecule has 3 rings (SSSR count). The summed E-state index contributed by atoms with van der Waals surface area (Å²) in [4.78, 5) is 12.2. The van der Waals surface area contributed by atoms with E-state index in [9.17, 15) is 18.3 Å². The molecule has 1 aromatic carbocycles. The summed E-state index contributed by atoms with van der Waals surface area (Å²) in [6.07, 6.45) is 2.17. The van der Waals surface area contributed by atoms with E-state index in [0.717, 1.165) is 18.5 Å². The molecule has 0 atom stereocenters. The molecule has 0 radical (unpaired) electrons. The lowest BCUT2D eigenvalue weighted by molar-refractivity contribution is 0.102. The molecular weight excluding hydrogens is 318 g/mol. The van der Waals surface area contributed by atoms with Gasteiger partial charge in [0.2, 0.25) is 0 Å². The van der Waals surface area contributed by atoms with Crippen LogP contribution in [0, 0.1) is 0 Å². The number of hydrogen-bond acceptors (Lipinski definition) is 5. The Labute approximate surface area is 133 Å². The van der Waals surface area contributed by atoms with Crippen LogP contribution in [-0.2, 0) is 9.84 Å². The number of carbonyl (C=O) groups is 1. The van der Waals surface area contributed by atoms with E-state index in [1.807, 2.05) is 0 Å². The highest BCUT2D eigenvalue weighted by molar-refractivity contribution is 7.91. The number of phenols is 1. The summed E-state index contributed by atoms with van der Waals surface area (Å²) in [5.74, 6) is -0.328. The van der Waals surface area contributed by atoms with Crippen LogP contribution in [0.25, 0.3) is 0 Å². The Morgan fingerprint density at radius 1 is 1.39 bits per heavy atom. The van der Waals surface area contributed by atoms with Crippen LogP contribution in [0.2, 0.25) is 0 Å². The van der Waals surface area contributed by atoms with Crippen molar-refractivity contribution in [1.29, 1.82) is 0 Å². The van der Waals surface area contributed by atoms with E-state index in [-0.39, 0.29) is 27.8 Å². The summed E-state index contributed by atoms with van der Waals surface area (Å²) in [5, 5.41) is 19.1. The molecule has 2 aromatic rings. The topological polar surface area (TPSA) is 112 Å². The maximum atomic E-state index is 12.2. The van der Waals surface area contributed by atoms with Crippen LogP contribution in [0.3, 0.4) is 0 Å². The van der Waals surface area contributed by atoms with Gasteiger partial charge in [-0.2, -0.15) is 5.10 Å². The zero-order valence-corrected chi connectivity index (χ0v) is 13.4. The van der Waals surface area contributed by atoms with Crippen molar-refractivity contribution in [1.82, 2.24) is 10.2 Å². The number of sulfone groups is 1. The third kappa shape index (κ3) is 3.21. The van der Waals surface area contributed by atoms with E-state index in [4.69, 9.17) is 0 Å². The molecule has 122 valence electrons. The van der Waals surface area contributed by atoms with Gasteiger partial charge in [0.05, 0.1) is 16.3 Å². The van der Waals surface area contributed by atoms with Gasteiger partial charge < -0.3 is 10.4 Å². The number of phenolic OH excluding ortho intramolecular Hbond substituents is 1. The summed E-state index contributed by atoms with van der Waals surface area (Å²) in [6.45, 7) is 1.53. The minimum Gasteiger partial charge on any atom is -0.506 e. The number of hydrogen-bond donors (Lipinski definition) is 3. The minimum atomic E-state index is -3.42. The highest BCUT2D eigenvalue weighted by Gasteiger charge is 2.26. The number of carbonyl (C=O) groups excluding carboxylic acids is 1. The van der Waals surface area contributed by atoms with Gasteiger partial charge in [0, 0.05) is 11.6 Å². The summed E-state index contributed by atoms with van der Waals surface area (Å²) in [6, 6.07) is 5.49. The molecule has 0 aliphatic heterocycles. The van der Waals surface area contributed by atoms with Crippen molar-refractivity contribution in [3.05, 3.63) is 35.7 Å². The molecule has 0 unspecified atom stereocenters. The lowest BCUT2D eigenvalue weighted by Gasteiger charge is -2.08. The highest BCUT2D eigenvalue weighted by Crippen LogP contribution is 2.39. The van der Waals surface area contributed by atoms with Crippen LogP contribution in [0.15, 0.2) is 29.2 Å². The van der Waals surface area contributed by atoms with Gasteiger partial charge in [-0.25, -0.2) is 8.42 Å². The quantitative estimate of drug-likeness (QED) is 0.724. The monoisotopic (exact) mass is 335 g/mol. The van der Waals surface area contributed by atoms with Crippen molar-refractivity contribution in [2.45, 2.75) is 30.6 Å². The van der Waals surface area contributed by atoms with Crippen LogP contribution < -0.4 is 5.32 Å². The average Bonchev–Trinajstić information content (AvgIpc) is 3.26. The third-order valence-electron chi connectivity index (χ3n) is 3.80. The van der Waals surface area contributed by atoms with Crippen LogP contribution in [0.4, 0.5) is 5.69 Å². The predicted molar refractivity (Wildman–Crippen MR) is 84.3 cm³/mol. The number of anilines is 1. The number of aromatic hydroxyl groups is 1. The van der Waals surface area contributed by atoms with Gasteiger partial charge >= 0.3 is 0 Å². The molecule has 1 aliphatic carbocycles. The van der Waals surface area contributed by atoms with E-state index in [0.29, 0.717) is 5.92 Å². The summed E-state index contributed by atoms with van der Waals surface area (Å²) >= 11 is 0. The van der Waals surface area contributed by atoms with E-state index in [2.05, 4.69) is 15.5 Å². The Bertz CT molecular complexity index is 853. The normalized spacial score (nSPS) is 14.7. The molecule has 0 spiro atoms. The number of H-pyrrole nitrogens is 1. The Hall–Kier alpha value is -2.35. The molecule has 1 aromatic heterocycles. The first kappa shape index (κ1) is 15.5. The Morgan fingerprint density at radius 3 is 2.78 bits per heavy atom. The number of nitrogens with zero attached hydrogens (tertiary/aromatic N) is 1. The van der Waals surface area contributed by atoms with Crippen molar-refractivity contribution in [2.24, 2.45) is 0 Å². The fourth-order valence-electron chi connectivity index (χ4n) is 2.22. The summed E-state index contributed by atoms with van der Waals surface area (Å²) < 4.78 is 23.8. The van der Waals surface area contributed by atoms with Crippen molar-refractivity contribution in [3.8, 4) is 5.75 Å². The second kappa shape index (κ2) is 5.69. The number of nitrogens with one attached hydrogen (secondary N) is 2. The molecule has 1 fully saturated rings. The maximum absolute atomic E-state index is 12.2. The van der Waals surface area contributed by atoms with Crippen LogP contribution in [0.5, 0.6) is 5.75 Å². The fraction of sp³-hybridized carbons (Fsp3) is 0.333. The van der Waals surface area contributed by atoms with Gasteiger partial charge in [0.1, 0.15) is 5.75 Å². The fourth-order valence-corrected chi connectivity index (χ4v) is 3.12. The van der Waals surface area contributed by atoms with Crippen LogP contribution in [0.1, 0.15) is 41.9 Å². The number of rotatable bonds is 5. The van der Waals surface area contributed by atoms with Crippen LogP contribution in [-0.4, -0.2) is 35.4 Å². The van der Waals surface area contributed by atoms with E-state index < -0.39 is 15.7 Å². The SMILES string of the molecule is CCS(=O)(=O)c1ccc(O)c(NC(=O)c2cc(C3CC3)[nH]n2)c1. The molecule has 3 N–H and O–H groups in total. The number of aromatic amines is 1. The lowest BCUT2D eigenvalue weighted by atomic mass is 10.2. The lowest BCUT2D eigenvalue weighted by Crippen LogP contribution is -2.13. The van der Waals surface area contributed by atoms with Gasteiger partial charge in [-0.3, -0.25) is 9.89 Å². The summed E-state index contributed by atoms with van der Waals surface area (Å²) in [5.41, 5.74) is 1.16. The Balaban J connectivity index is 1.83. The standard InChI is InChI=1S/C15H17N3O4S/c1-2-23(21,22)10-5-6-14(19)12(7-10)16-15(20)13-8-11(17-18-13)9-3-4-9/h5-9,19H,2-4H2,1H3,(H,16,20)(H,17,18). The first-order valence-electron chi connectivity index (χ1n) is 7.33. The number of amides is 1. The molecule has 1 heterocycles. The Morgan fingerprint density at radius 2 is 2.13 bits per heavy atom. The molecule has 0 saturated heterocycles. The van der Waals surface area contributed by atoms with E-state index in [1.165, 1.54) is 25.1 Å². The molecule has 0 bridgehead atoms. The molecule has 1 aliphatic rings. The maximum Gasteiger partial charge on any atom is 0.276 e. The third-order valence-corrected chi connectivity index (χ3v) is 5.54. The van der Waals surface area contributed by atoms with Gasteiger partial charge in [-0.15, -0.1) is 0 Å². The molecule has 7 nitrogen and oxygen atoms in total. The van der Waals surface area contributed by atoms with E-state index >= 15 is 0 Å². The largest absolute Gasteiger partial charge is 0.506 e. The Kier molecular flexibility index (Phi) is 3.85. The zero-order chi connectivity index (χ0) is 16.6. The van der Waals surface area contributed by atoms with Gasteiger partial charge in [0.15, 0.2) is 15.5 Å². The van der Waals surface area contributed by atoms with Crippen molar-refractivity contribution in [2.75, 3.05) is 11.1 Å². The molecule has 23 heavy (non-hydrogen) atoms. The number of aromatic nitrogens is 2. The molecule has 8 heteroatoms. The summed E-state index contributed by atoms with van der Waals surface area (Å²) in [7, 11) is -3.42. The van der Waals surface area contributed by atoms with Crippen molar-refractivity contribution < 1.29 is 18.3 Å². The zero-order valence-electron chi connectivity index (χ0n) is 12.5. The van der Waals surface area contributed by atoms with E-state index in [1.54, 1.807) is 6.07 Å². The van der Waals surface area contributed by atoms with Crippen molar-refractivity contribution in [3.63, 3.8) is 0 Å². The molecule has 1 saturated carbocycles. The minimum absolute atomic E-state index is 0.0421. The first-order valence-corrected chi connectivity index (χ1v) is 8.98. The van der Waals surface area contributed by atoms with Gasteiger partial charge in [-0.1, -0.05) is 6.92 Å². The predicted octanol–water partition coefficient (Wildman–Crippen LogP) is 2.04. The van der Waals surface area contributed by atoms with Gasteiger partial charge in [-0.05, 0) is 37.1 Å². The first-order chi connectivity index (χ1) is 10.9. The second-order valence-corrected chi connectivity index (χ2v) is 7.80. The van der Waals surface area contributed by atoms with Crippen molar-refractivity contribution >= 4 is 21.4 Å².